The first kappa shape index (κ1) is 36.5. The van der Waals surface area contributed by atoms with Gasteiger partial charge in [0.15, 0.2) is 6.10 Å². The first-order chi connectivity index (χ1) is 24.6. The van der Waals surface area contributed by atoms with Crippen LogP contribution in [0.2, 0.25) is 0 Å². The molecule has 4 aliphatic rings. The van der Waals surface area contributed by atoms with Gasteiger partial charge in [-0.05, 0) is 49.3 Å². The number of ether oxygens (including phenoxy) is 1. The van der Waals surface area contributed by atoms with Crippen molar-refractivity contribution < 1.29 is 34.2 Å². The molecule has 16 heteroatoms. The minimum atomic E-state index is -1.13. The number of hydroxylamine groups is 1. The first-order valence-corrected chi connectivity index (χ1v) is 17.8. The van der Waals surface area contributed by atoms with Gasteiger partial charge < -0.3 is 29.9 Å². The molecule has 4 heterocycles. The molecular formula is C35H45B2N7O7. The summed E-state index contributed by atoms with van der Waals surface area (Å²) in [4.78, 5) is 61.8. The average Bonchev–Trinajstić information content (AvgIpc) is 3.31. The Hall–Kier alpha value is -4.27. The number of phenolic OH excluding ortho intramolecular Hbond substituents is 1. The van der Waals surface area contributed by atoms with Crippen molar-refractivity contribution in [2.75, 3.05) is 70.8 Å². The van der Waals surface area contributed by atoms with Crippen LogP contribution < -0.4 is 21.7 Å². The third-order valence-electron chi connectivity index (χ3n) is 10.7. The summed E-state index contributed by atoms with van der Waals surface area (Å²) in [5.41, 5.74) is 4.30. The summed E-state index contributed by atoms with van der Waals surface area (Å²) in [7, 11) is 11.9. The number of para-hydroxylation sites is 1. The van der Waals surface area contributed by atoms with Crippen molar-refractivity contribution in [2.24, 2.45) is 0 Å². The summed E-state index contributed by atoms with van der Waals surface area (Å²) in [6, 6.07) is 11.0. The van der Waals surface area contributed by atoms with E-state index in [1.165, 1.54) is 12.1 Å². The third kappa shape index (κ3) is 8.79. The topological polar surface area (TPSA) is 158 Å². The number of phenols is 1. The lowest BCUT2D eigenvalue weighted by molar-refractivity contribution is -0.142. The van der Waals surface area contributed by atoms with Crippen LogP contribution in [0.15, 0.2) is 36.4 Å². The number of anilines is 1. The fourth-order valence-electron chi connectivity index (χ4n) is 7.73. The molecule has 2 aromatic rings. The summed E-state index contributed by atoms with van der Waals surface area (Å²) in [6.07, 6.45) is 1.72. The van der Waals surface area contributed by atoms with Crippen molar-refractivity contribution in [3.05, 3.63) is 47.5 Å². The quantitative estimate of drug-likeness (QED) is 0.165. The van der Waals surface area contributed by atoms with Gasteiger partial charge in [-0.15, -0.1) is 0 Å². The van der Waals surface area contributed by atoms with Gasteiger partial charge in [0.25, 0.3) is 11.8 Å². The Balaban J connectivity index is 1.06. The van der Waals surface area contributed by atoms with Crippen LogP contribution in [0.1, 0.15) is 36.8 Å². The number of carbonyl (C=O) groups is 4. The molecule has 5 amide bonds. The van der Waals surface area contributed by atoms with Crippen molar-refractivity contribution in [3.8, 4) is 5.75 Å². The van der Waals surface area contributed by atoms with Gasteiger partial charge in [0.1, 0.15) is 21.4 Å². The molecule has 1 atom stereocenters. The second kappa shape index (κ2) is 16.4. The van der Waals surface area contributed by atoms with Crippen molar-refractivity contribution in [3.63, 3.8) is 0 Å². The Bertz CT molecular complexity index is 1570. The molecule has 6 rings (SSSR count). The number of urea groups is 1. The largest absolute Gasteiger partial charge is 0.509 e. The predicted molar refractivity (Wildman–Crippen MR) is 191 cm³/mol. The molecule has 0 unspecified atom stereocenters. The van der Waals surface area contributed by atoms with E-state index in [9.17, 15) is 24.3 Å². The fraction of sp³-hybridized carbons (Fsp3) is 0.543. The number of nitrogens with one attached hydrogen (secondary N) is 2. The highest BCUT2D eigenvalue weighted by atomic mass is 16.6. The zero-order chi connectivity index (χ0) is 36.1. The average molecular weight is 697 g/mol. The number of rotatable bonds is 8. The maximum absolute atomic E-state index is 14.0. The number of nitrogens with zero attached hydrogens (tertiary/aromatic N) is 5. The van der Waals surface area contributed by atoms with E-state index in [1.807, 2.05) is 34.1 Å². The molecule has 0 aromatic heterocycles. The summed E-state index contributed by atoms with van der Waals surface area (Å²) >= 11 is 0. The zero-order valence-corrected chi connectivity index (χ0v) is 28.8. The lowest BCUT2D eigenvalue weighted by Gasteiger charge is -2.43. The molecule has 2 aromatic carbocycles. The van der Waals surface area contributed by atoms with E-state index in [-0.39, 0.29) is 53.7 Å². The predicted octanol–water partition coefficient (Wildman–Crippen LogP) is -0.304. The minimum Gasteiger partial charge on any atom is -0.509 e. The lowest BCUT2D eigenvalue weighted by Crippen LogP contribution is -2.56. The number of carbonyl (C=O) groups excluding carboxylic acids is 4. The summed E-state index contributed by atoms with van der Waals surface area (Å²) < 4.78 is 5.97. The molecule has 4 N–H and O–H groups in total. The number of aromatic hydroxyl groups is 1. The van der Waals surface area contributed by atoms with E-state index in [0.717, 1.165) is 43.6 Å². The highest BCUT2D eigenvalue weighted by Crippen LogP contribution is 2.26. The van der Waals surface area contributed by atoms with E-state index in [2.05, 4.69) is 10.2 Å². The van der Waals surface area contributed by atoms with Crippen LogP contribution in [-0.2, 0) is 27.2 Å². The maximum Gasteiger partial charge on any atom is 0.410 e. The van der Waals surface area contributed by atoms with Crippen LogP contribution in [0.5, 0.6) is 5.75 Å². The Morgan fingerprint density at radius 3 is 2.18 bits per heavy atom. The second-order valence-corrected chi connectivity index (χ2v) is 13.9. The zero-order valence-electron chi connectivity index (χ0n) is 28.8. The molecule has 14 nitrogen and oxygen atoms in total. The Labute approximate surface area is 300 Å². The highest BCUT2D eigenvalue weighted by molar-refractivity contribution is 6.41. The second-order valence-electron chi connectivity index (χ2n) is 13.9. The van der Waals surface area contributed by atoms with Crippen LogP contribution in [0.25, 0.3) is 0 Å². The van der Waals surface area contributed by atoms with Crippen LogP contribution in [0.4, 0.5) is 15.3 Å². The number of amides is 5. The Morgan fingerprint density at radius 1 is 0.882 bits per heavy atom. The molecule has 4 radical (unpaired) electrons. The highest BCUT2D eigenvalue weighted by Gasteiger charge is 2.36. The molecule has 0 spiro atoms. The van der Waals surface area contributed by atoms with Crippen LogP contribution in [-0.4, -0.2) is 158 Å². The number of likely N-dealkylation sites (tertiary alicyclic amines) is 2. The van der Waals surface area contributed by atoms with Gasteiger partial charge in [0.2, 0.25) is 0 Å². The number of piperazine rings is 1. The summed E-state index contributed by atoms with van der Waals surface area (Å²) in [5, 5.41) is 21.9. The van der Waals surface area contributed by atoms with Gasteiger partial charge in [-0.3, -0.25) is 24.6 Å². The molecule has 0 bridgehead atoms. The normalized spacial score (nSPS) is 20.3. The number of hydrogen-bond acceptors (Lipinski definition) is 9. The van der Waals surface area contributed by atoms with Crippen molar-refractivity contribution in [2.45, 2.75) is 56.7 Å². The Kier molecular flexibility index (Phi) is 11.7. The number of hydrogen-bond donors (Lipinski definition) is 4. The van der Waals surface area contributed by atoms with Crippen molar-refractivity contribution in [1.82, 2.24) is 30.0 Å². The maximum atomic E-state index is 14.0. The standard InChI is InChI=1S/C35H45B2N7O7/c36-27-19-23(20-28(37)32(27)46)21-30(33(47)42-10-6-25(7-11-42)41-17-15-40(16-18-41)22-31(45)39-50)51-35(49)43-12-8-26(9-13-43)44-14-5-24-3-1-2-4-29(24)38-34(44)48/h1-4,19-20,25-26,30,46,50H,5-18,21-22H2,(H,38,48)(H,39,45)/t30-/m1/s1. The van der Waals surface area contributed by atoms with Gasteiger partial charge in [-0.2, -0.15) is 0 Å². The van der Waals surface area contributed by atoms with Gasteiger partial charge in [0.05, 0.1) is 6.54 Å². The molecular weight excluding hydrogens is 652 g/mol. The first-order valence-electron chi connectivity index (χ1n) is 17.8. The molecule has 0 saturated carbocycles. The van der Waals surface area contributed by atoms with Gasteiger partial charge >= 0.3 is 12.1 Å². The number of piperidine rings is 2. The van der Waals surface area contributed by atoms with Gasteiger partial charge in [-0.1, -0.05) is 41.3 Å². The molecule has 268 valence electrons. The summed E-state index contributed by atoms with van der Waals surface area (Å²) in [5.74, 6) is -0.966. The van der Waals surface area contributed by atoms with E-state index >= 15 is 0 Å². The van der Waals surface area contributed by atoms with E-state index in [4.69, 9.17) is 25.6 Å². The molecule has 0 aliphatic carbocycles. The molecule has 3 fully saturated rings. The molecule has 3 saturated heterocycles. The molecule has 4 aliphatic heterocycles. The van der Waals surface area contributed by atoms with E-state index in [1.54, 1.807) is 15.3 Å². The molecule has 51 heavy (non-hydrogen) atoms. The third-order valence-corrected chi connectivity index (χ3v) is 10.7. The Morgan fingerprint density at radius 2 is 1.51 bits per heavy atom. The summed E-state index contributed by atoms with van der Waals surface area (Å²) in [6.45, 7) is 5.48. The minimum absolute atomic E-state index is 0.0342. The SMILES string of the molecule is [B]c1cc(C[C@@H](OC(=O)N2CCC(N3CCc4ccccc4NC3=O)CC2)C(=O)N2CCC(N3CCN(CC(=O)NO)CC3)CC2)cc([B])c1O. The fourth-order valence-corrected chi connectivity index (χ4v) is 7.73. The van der Waals surface area contributed by atoms with Gasteiger partial charge in [0, 0.05) is 83.1 Å². The smallest absolute Gasteiger partial charge is 0.410 e. The van der Waals surface area contributed by atoms with E-state index in [0.29, 0.717) is 64.2 Å². The van der Waals surface area contributed by atoms with Crippen molar-refractivity contribution >= 4 is 56.2 Å². The van der Waals surface area contributed by atoms with Crippen molar-refractivity contribution in [1.29, 1.82) is 0 Å². The van der Waals surface area contributed by atoms with Gasteiger partial charge in [-0.25, -0.2) is 15.1 Å². The van der Waals surface area contributed by atoms with E-state index < -0.39 is 18.1 Å². The van der Waals surface area contributed by atoms with Crippen LogP contribution in [0, 0.1) is 0 Å². The number of benzene rings is 2. The number of fused-ring (bicyclic) bond motifs is 1. The van der Waals surface area contributed by atoms with Crippen LogP contribution >= 0.6 is 0 Å². The monoisotopic (exact) mass is 697 g/mol. The van der Waals surface area contributed by atoms with Crippen LogP contribution in [0.3, 0.4) is 0 Å². The lowest BCUT2D eigenvalue weighted by atomic mass is 9.83.